The Bertz CT molecular complexity index is 524. The van der Waals surface area contributed by atoms with Crippen molar-refractivity contribution >= 4 is 5.91 Å². The van der Waals surface area contributed by atoms with Crippen LogP contribution in [0.5, 0.6) is 0 Å². The monoisotopic (exact) mass is 313 g/mol. The van der Waals surface area contributed by atoms with E-state index >= 15 is 0 Å². The van der Waals surface area contributed by atoms with Crippen molar-refractivity contribution in [2.45, 2.75) is 39.2 Å². The molecule has 1 amide bonds. The Kier molecular flexibility index (Phi) is 6.67. The summed E-state index contributed by atoms with van der Waals surface area (Å²) in [5.74, 6) is 3.16. The fourth-order valence-corrected chi connectivity index (χ4v) is 3.12. The number of carbonyl (C=O) groups excluding carboxylic acids is 1. The lowest BCUT2D eigenvalue weighted by Gasteiger charge is -2.35. The number of nitrogens with zero attached hydrogens (tertiary/aromatic N) is 1. The van der Waals surface area contributed by atoms with Crippen LogP contribution >= 0.6 is 0 Å². The van der Waals surface area contributed by atoms with Crippen LogP contribution in [0.25, 0.3) is 0 Å². The standard InChI is InChI=1S/C20H27NO2/c1-4-14-23-18-10-12-21(13-11-18)20(22)19(16(2)3)15-17-8-6-5-7-9-17/h1,5-9,16,18-19H,10-15H2,2-3H3/t19-/m1/s1. The third kappa shape index (κ3) is 5.11. The van der Waals surface area contributed by atoms with Gasteiger partial charge in [-0.15, -0.1) is 6.42 Å². The Morgan fingerprint density at radius 2 is 1.96 bits per heavy atom. The van der Waals surface area contributed by atoms with Crippen molar-refractivity contribution in [2.24, 2.45) is 11.8 Å². The SMILES string of the molecule is C#CCOC1CCN(C(=O)[C@H](Cc2ccccc2)C(C)C)CC1. The zero-order valence-electron chi connectivity index (χ0n) is 14.2. The van der Waals surface area contributed by atoms with Gasteiger partial charge in [0.05, 0.1) is 6.10 Å². The van der Waals surface area contributed by atoms with Gasteiger partial charge in [0.25, 0.3) is 0 Å². The number of carbonyl (C=O) groups is 1. The molecule has 0 unspecified atom stereocenters. The highest BCUT2D eigenvalue weighted by atomic mass is 16.5. The van der Waals surface area contributed by atoms with Crippen LogP contribution in [0.2, 0.25) is 0 Å². The van der Waals surface area contributed by atoms with Crippen molar-refractivity contribution in [1.82, 2.24) is 4.90 Å². The van der Waals surface area contributed by atoms with E-state index in [4.69, 9.17) is 11.2 Å². The van der Waals surface area contributed by atoms with E-state index in [-0.39, 0.29) is 17.9 Å². The van der Waals surface area contributed by atoms with Gasteiger partial charge in [-0.25, -0.2) is 0 Å². The minimum atomic E-state index is 0.0422. The molecular weight excluding hydrogens is 286 g/mol. The fourth-order valence-electron chi connectivity index (χ4n) is 3.12. The Labute approximate surface area is 140 Å². The maximum Gasteiger partial charge on any atom is 0.226 e. The summed E-state index contributed by atoms with van der Waals surface area (Å²) in [6.45, 7) is 6.17. The van der Waals surface area contributed by atoms with Crippen molar-refractivity contribution in [1.29, 1.82) is 0 Å². The lowest BCUT2D eigenvalue weighted by molar-refractivity contribution is -0.139. The van der Waals surface area contributed by atoms with Gasteiger partial charge in [0.1, 0.15) is 6.61 Å². The maximum atomic E-state index is 12.9. The van der Waals surface area contributed by atoms with E-state index in [2.05, 4.69) is 31.9 Å². The summed E-state index contributed by atoms with van der Waals surface area (Å²) in [7, 11) is 0. The van der Waals surface area contributed by atoms with Gasteiger partial charge < -0.3 is 9.64 Å². The third-order valence-corrected chi connectivity index (χ3v) is 4.58. The van der Waals surface area contributed by atoms with Crippen LogP contribution in [0.15, 0.2) is 30.3 Å². The van der Waals surface area contributed by atoms with E-state index in [1.807, 2.05) is 23.1 Å². The summed E-state index contributed by atoms with van der Waals surface area (Å²) in [4.78, 5) is 14.9. The Morgan fingerprint density at radius 1 is 1.30 bits per heavy atom. The molecule has 3 nitrogen and oxygen atoms in total. The first-order valence-corrected chi connectivity index (χ1v) is 8.49. The van der Waals surface area contributed by atoms with E-state index in [9.17, 15) is 4.79 Å². The second kappa shape index (κ2) is 8.74. The second-order valence-electron chi connectivity index (χ2n) is 6.58. The third-order valence-electron chi connectivity index (χ3n) is 4.58. The van der Waals surface area contributed by atoms with Crippen LogP contribution in [0.1, 0.15) is 32.3 Å². The molecular formula is C20H27NO2. The molecule has 1 fully saturated rings. The Balaban J connectivity index is 1.93. The van der Waals surface area contributed by atoms with Gasteiger partial charge in [-0.05, 0) is 30.7 Å². The molecule has 1 aliphatic heterocycles. The highest BCUT2D eigenvalue weighted by molar-refractivity contribution is 5.79. The van der Waals surface area contributed by atoms with Crippen LogP contribution in [-0.2, 0) is 16.0 Å². The first-order chi connectivity index (χ1) is 11.1. The predicted octanol–water partition coefficient (Wildman–Crippen LogP) is 3.14. The Morgan fingerprint density at radius 3 is 2.52 bits per heavy atom. The second-order valence-corrected chi connectivity index (χ2v) is 6.58. The van der Waals surface area contributed by atoms with Crippen molar-refractivity contribution in [2.75, 3.05) is 19.7 Å². The van der Waals surface area contributed by atoms with E-state index in [0.29, 0.717) is 12.5 Å². The molecule has 1 atom stereocenters. The molecule has 1 aromatic carbocycles. The highest BCUT2D eigenvalue weighted by Crippen LogP contribution is 2.23. The highest BCUT2D eigenvalue weighted by Gasteiger charge is 2.30. The van der Waals surface area contributed by atoms with Gasteiger partial charge >= 0.3 is 0 Å². The van der Waals surface area contributed by atoms with Crippen molar-refractivity contribution in [3.8, 4) is 12.3 Å². The van der Waals surface area contributed by atoms with Gasteiger partial charge in [0, 0.05) is 19.0 Å². The van der Waals surface area contributed by atoms with Crippen molar-refractivity contribution in [3.63, 3.8) is 0 Å². The molecule has 124 valence electrons. The van der Waals surface area contributed by atoms with E-state index < -0.39 is 0 Å². The topological polar surface area (TPSA) is 29.5 Å². The minimum Gasteiger partial charge on any atom is -0.365 e. The molecule has 2 rings (SSSR count). The summed E-state index contributed by atoms with van der Waals surface area (Å²) < 4.78 is 5.59. The zero-order chi connectivity index (χ0) is 16.7. The van der Waals surface area contributed by atoms with Crippen LogP contribution in [0.4, 0.5) is 0 Å². The number of terminal acetylenes is 1. The predicted molar refractivity (Wildman–Crippen MR) is 92.9 cm³/mol. The van der Waals surface area contributed by atoms with E-state index in [0.717, 1.165) is 32.4 Å². The largest absolute Gasteiger partial charge is 0.365 e. The van der Waals surface area contributed by atoms with Crippen LogP contribution in [-0.4, -0.2) is 36.6 Å². The summed E-state index contributed by atoms with van der Waals surface area (Å²) in [5, 5.41) is 0. The normalized spacial score (nSPS) is 17.0. The molecule has 0 bridgehead atoms. The van der Waals surface area contributed by atoms with Gasteiger partial charge in [-0.1, -0.05) is 50.1 Å². The molecule has 23 heavy (non-hydrogen) atoms. The lowest BCUT2D eigenvalue weighted by atomic mass is 9.87. The number of hydrogen-bond donors (Lipinski definition) is 0. The summed E-state index contributed by atoms with van der Waals surface area (Å²) in [6.07, 6.45) is 7.99. The van der Waals surface area contributed by atoms with Gasteiger partial charge in [0.2, 0.25) is 5.91 Å². The number of hydrogen-bond acceptors (Lipinski definition) is 2. The molecule has 1 heterocycles. The lowest BCUT2D eigenvalue weighted by Crippen LogP contribution is -2.45. The van der Waals surface area contributed by atoms with E-state index in [1.54, 1.807) is 0 Å². The quantitative estimate of drug-likeness (QED) is 0.755. The van der Waals surface area contributed by atoms with Crippen molar-refractivity contribution < 1.29 is 9.53 Å². The molecule has 0 radical (unpaired) electrons. The number of likely N-dealkylation sites (tertiary alicyclic amines) is 1. The number of amides is 1. The molecule has 1 saturated heterocycles. The van der Waals surface area contributed by atoms with Crippen LogP contribution in [0, 0.1) is 24.2 Å². The molecule has 0 aliphatic carbocycles. The van der Waals surface area contributed by atoms with Crippen LogP contribution < -0.4 is 0 Å². The summed E-state index contributed by atoms with van der Waals surface area (Å²) in [5.41, 5.74) is 1.23. The first-order valence-electron chi connectivity index (χ1n) is 8.49. The van der Waals surface area contributed by atoms with Gasteiger partial charge in [-0.2, -0.15) is 0 Å². The number of piperidine rings is 1. The average Bonchev–Trinajstić information content (AvgIpc) is 2.58. The zero-order valence-corrected chi connectivity index (χ0v) is 14.2. The summed E-state index contributed by atoms with van der Waals surface area (Å²) in [6, 6.07) is 10.3. The Hall–Kier alpha value is -1.79. The molecule has 1 aliphatic rings. The fraction of sp³-hybridized carbons (Fsp3) is 0.550. The molecule has 0 aromatic heterocycles. The molecule has 0 spiro atoms. The van der Waals surface area contributed by atoms with Gasteiger partial charge in [0.15, 0.2) is 0 Å². The average molecular weight is 313 g/mol. The summed E-state index contributed by atoms with van der Waals surface area (Å²) >= 11 is 0. The molecule has 1 aromatic rings. The molecule has 0 saturated carbocycles. The number of ether oxygens (including phenoxy) is 1. The van der Waals surface area contributed by atoms with Crippen LogP contribution in [0.3, 0.4) is 0 Å². The maximum absolute atomic E-state index is 12.9. The van der Waals surface area contributed by atoms with Crippen molar-refractivity contribution in [3.05, 3.63) is 35.9 Å². The number of rotatable bonds is 6. The number of benzene rings is 1. The van der Waals surface area contributed by atoms with E-state index in [1.165, 1.54) is 5.56 Å². The molecule has 3 heteroatoms. The minimum absolute atomic E-state index is 0.0422. The smallest absolute Gasteiger partial charge is 0.226 e. The molecule has 0 N–H and O–H groups in total. The van der Waals surface area contributed by atoms with Gasteiger partial charge in [-0.3, -0.25) is 4.79 Å². The first kappa shape index (κ1) is 17.6.